The van der Waals surface area contributed by atoms with Crippen LogP contribution < -0.4 is 5.32 Å². The summed E-state index contributed by atoms with van der Waals surface area (Å²) in [5.74, 6) is 1.52. The summed E-state index contributed by atoms with van der Waals surface area (Å²) >= 11 is 0. The van der Waals surface area contributed by atoms with Crippen LogP contribution in [0.1, 0.15) is 60.0 Å². The highest BCUT2D eigenvalue weighted by molar-refractivity contribution is 5.93. The predicted molar refractivity (Wildman–Crippen MR) is 118 cm³/mol. The second kappa shape index (κ2) is 9.25. The Bertz CT molecular complexity index is 971. The van der Waals surface area contributed by atoms with Gasteiger partial charge in [0.15, 0.2) is 5.76 Å². The number of anilines is 1. The van der Waals surface area contributed by atoms with Crippen LogP contribution in [0.2, 0.25) is 0 Å². The van der Waals surface area contributed by atoms with Crippen molar-refractivity contribution in [3.63, 3.8) is 0 Å². The van der Waals surface area contributed by atoms with Crippen molar-refractivity contribution in [3.05, 3.63) is 34.3 Å². The third-order valence-corrected chi connectivity index (χ3v) is 6.70. The summed E-state index contributed by atoms with van der Waals surface area (Å²) in [6, 6.07) is 4.66. The Labute approximate surface area is 183 Å². The Hall–Kier alpha value is -2.63. The van der Waals surface area contributed by atoms with Crippen LogP contribution in [0.25, 0.3) is 0 Å². The first-order chi connectivity index (χ1) is 15.0. The number of piperazine rings is 1. The lowest BCUT2D eigenvalue weighted by Gasteiger charge is -2.33. The van der Waals surface area contributed by atoms with Gasteiger partial charge in [0.25, 0.3) is 0 Å². The van der Waals surface area contributed by atoms with Gasteiger partial charge in [-0.25, -0.2) is 0 Å². The molecule has 1 amide bonds. The average molecular weight is 425 g/mol. The standard InChI is InChI=1S/C23H32N6O2/c1-16-12-20(31-26-16)14-27-8-10-28(11-9-27)15-22(30)25-23-21(13-24)17(2)18(3)29(23)19-6-4-5-7-19/h12,19H,4-11,14-15H2,1-3H3,(H,25,30). The molecular formula is C23H32N6O2. The number of nitrogens with one attached hydrogen (secondary N) is 1. The van der Waals surface area contributed by atoms with E-state index in [9.17, 15) is 10.1 Å². The van der Waals surface area contributed by atoms with E-state index in [1.807, 2.05) is 19.9 Å². The molecule has 1 aliphatic carbocycles. The number of hydrogen-bond acceptors (Lipinski definition) is 6. The van der Waals surface area contributed by atoms with Crippen LogP contribution in [0.15, 0.2) is 10.6 Å². The van der Waals surface area contributed by atoms with Crippen molar-refractivity contribution in [1.82, 2.24) is 19.5 Å². The molecule has 3 heterocycles. The molecule has 1 saturated heterocycles. The van der Waals surface area contributed by atoms with Crippen molar-refractivity contribution < 1.29 is 9.32 Å². The van der Waals surface area contributed by atoms with Crippen LogP contribution in [0, 0.1) is 32.1 Å². The summed E-state index contributed by atoms with van der Waals surface area (Å²) in [5.41, 5.74) is 3.57. The molecule has 0 aromatic carbocycles. The Morgan fingerprint density at radius 3 is 2.48 bits per heavy atom. The summed E-state index contributed by atoms with van der Waals surface area (Å²) < 4.78 is 7.52. The minimum absolute atomic E-state index is 0.0486. The first kappa shape index (κ1) is 21.6. The molecule has 0 radical (unpaired) electrons. The number of carbonyl (C=O) groups is 1. The molecule has 1 N–H and O–H groups in total. The van der Waals surface area contributed by atoms with Crippen molar-refractivity contribution in [2.45, 2.75) is 59.0 Å². The Morgan fingerprint density at radius 2 is 1.87 bits per heavy atom. The molecule has 8 nitrogen and oxygen atoms in total. The van der Waals surface area contributed by atoms with Gasteiger partial charge in [-0.1, -0.05) is 18.0 Å². The predicted octanol–water partition coefficient (Wildman–Crippen LogP) is 3.14. The van der Waals surface area contributed by atoms with E-state index in [1.54, 1.807) is 0 Å². The van der Waals surface area contributed by atoms with Gasteiger partial charge in [-0.15, -0.1) is 0 Å². The zero-order valence-corrected chi connectivity index (χ0v) is 18.8. The SMILES string of the molecule is Cc1cc(CN2CCN(CC(=O)Nc3c(C#N)c(C)c(C)n3C3CCCC3)CC2)on1. The normalized spacial score (nSPS) is 18.4. The molecule has 1 saturated carbocycles. The molecule has 0 spiro atoms. The van der Waals surface area contributed by atoms with Gasteiger partial charge < -0.3 is 14.4 Å². The van der Waals surface area contributed by atoms with Crippen molar-refractivity contribution in [2.75, 3.05) is 38.0 Å². The lowest BCUT2D eigenvalue weighted by atomic mass is 10.2. The van der Waals surface area contributed by atoms with Crippen LogP contribution in [-0.4, -0.2) is 58.2 Å². The van der Waals surface area contributed by atoms with Gasteiger partial charge in [0, 0.05) is 44.0 Å². The summed E-state index contributed by atoms with van der Waals surface area (Å²) in [6.45, 7) is 10.5. The summed E-state index contributed by atoms with van der Waals surface area (Å²) in [7, 11) is 0. The molecular weight excluding hydrogens is 392 g/mol. The van der Waals surface area contributed by atoms with Gasteiger partial charge in [0.1, 0.15) is 11.9 Å². The minimum Gasteiger partial charge on any atom is -0.360 e. The smallest absolute Gasteiger partial charge is 0.239 e. The second-order valence-electron chi connectivity index (χ2n) is 8.89. The monoisotopic (exact) mass is 424 g/mol. The maximum Gasteiger partial charge on any atom is 0.239 e. The fourth-order valence-corrected chi connectivity index (χ4v) is 4.90. The highest BCUT2D eigenvalue weighted by Crippen LogP contribution is 2.37. The van der Waals surface area contributed by atoms with Gasteiger partial charge in [-0.05, 0) is 39.2 Å². The Morgan fingerprint density at radius 1 is 1.19 bits per heavy atom. The molecule has 166 valence electrons. The van der Waals surface area contributed by atoms with Crippen LogP contribution in [0.5, 0.6) is 0 Å². The third kappa shape index (κ3) is 4.68. The van der Waals surface area contributed by atoms with Crippen LogP contribution in [-0.2, 0) is 11.3 Å². The highest BCUT2D eigenvalue weighted by Gasteiger charge is 2.27. The fraction of sp³-hybridized carbons (Fsp3) is 0.609. The molecule has 4 rings (SSSR count). The van der Waals surface area contributed by atoms with Crippen molar-refractivity contribution in [2.24, 2.45) is 0 Å². The van der Waals surface area contributed by atoms with Crippen LogP contribution in [0.3, 0.4) is 0 Å². The molecule has 0 atom stereocenters. The molecule has 0 bridgehead atoms. The lowest BCUT2D eigenvalue weighted by Crippen LogP contribution is -2.48. The van der Waals surface area contributed by atoms with E-state index in [-0.39, 0.29) is 5.91 Å². The Kier molecular flexibility index (Phi) is 6.44. The van der Waals surface area contributed by atoms with E-state index in [4.69, 9.17) is 4.52 Å². The van der Waals surface area contributed by atoms with E-state index in [0.29, 0.717) is 24.0 Å². The van der Waals surface area contributed by atoms with E-state index in [0.717, 1.165) is 68.3 Å². The molecule has 2 fully saturated rings. The number of rotatable bonds is 6. The zero-order chi connectivity index (χ0) is 22.0. The number of amides is 1. The third-order valence-electron chi connectivity index (χ3n) is 6.70. The van der Waals surface area contributed by atoms with Gasteiger partial charge in [0.2, 0.25) is 5.91 Å². The molecule has 31 heavy (non-hydrogen) atoms. The van der Waals surface area contributed by atoms with Gasteiger partial charge in [-0.3, -0.25) is 14.6 Å². The summed E-state index contributed by atoms with van der Waals surface area (Å²) in [5, 5.41) is 16.8. The zero-order valence-electron chi connectivity index (χ0n) is 18.8. The van der Waals surface area contributed by atoms with Crippen LogP contribution >= 0.6 is 0 Å². The van der Waals surface area contributed by atoms with Crippen molar-refractivity contribution >= 4 is 11.7 Å². The van der Waals surface area contributed by atoms with Crippen molar-refractivity contribution in [1.29, 1.82) is 5.26 Å². The number of nitriles is 1. The topological polar surface area (TPSA) is 90.3 Å². The molecule has 2 aromatic rings. The first-order valence-corrected chi connectivity index (χ1v) is 11.2. The van der Waals surface area contributed by atoms with Crippen LogP contribution in [0.4, 0.5) is 5.82 Å². The quantitative estimate of drug-likeness (QED) is 0.766. The molecule has 2 aromatic heterocycles. The summed E-state index contributed by atoms with van der Waals surface area (Å²) in [6.07, 6.45) is 4.62. The van der Waals surface area contributed by atoms with Gasteiger partial charge >= 0.3 is 0 Å². The van der Waals surface area contributed by atoms with Gasteiger partial charge in [-0.2, -0.15) is 5.26 Å². The number of nitrogens with zero attached hydrogens (tertiary/aromatic N) is 5. The summed E-state index contributed by atoms with van der Waals surface area (Å²) in [4.78, 5) is 17.4. The van der Waals surface area contributed by atoms with E-state index in [1.165, 1.54) is 12.8 Å². The maximum atomic E-state index is 12.9. The molecule has 0 unspecified atom stereocenters. The first-order valence-electron chi connectivity index (χ1n) is 11.2. The fourth-order valence-electron chi connectivity index (χ4n) is 4.90. The maximum absolute atomic E-state index is 12.9. The van der Waals surface area contributed by atoms with E-state index in [2.05, 4.69) is 37.8 Å². The lowest BCUT2D eigenvalue weighted by molar-refractivity contribution is -0.117. The van der Waals surface area contributed by atoms with E-state index < -0.39 is 0 Å². The van der Waals surface area contributed by atoms with Crippen molar-refractivity contribution in [3.8, 4) is 6.07 Å². The second-order valence-corrected chi connectivity index (χ2v) is 8.89. The van der Waals surface area contributed by atoms with E-state index >= 15 is 0 Å². The molecule has 8 heteroatoms. The number of aryl methyl sites for hydroxylation is 1. The Balaban J connectivity index is 1.36. The van der Waals surface area contributed by atoms with Gasteiger partial charge in [0.05, 0.1) is 24.3 Å². The molecule has 2 aliphatic rings. The number of aromatic nitrogens is 2. The largest absolute Gasteiger partial charge is 0.360 e. The number of hydrogen-bond donors (Lipinski definition) is 1. The average Bonchev–Trinajstić information content (AvgIpc) is 3.46. The minimum atomic E-state index is -0.0486. The highest BCUT2D eigenvalue weighted by atomic mass is 16.5. The molecule has 1 aliphatic heterocycles. The number of carbonyl (C=O) groups excluding carboxylic acids is 1.